The zero-order valence-corrected chi connectivity index (χ0v) is 12.3. The third kappa shape index (κ3) is 5.32. The molecule has 1 amide bonds. The molecular weight excluding hydrogens is 273 g/mol. The van der Waals surface area contributed by atoms with Crippen LogP contribution in [0, 0.1) is 5.82 Å². The maximum atomic E-state index is 13.0. The molecule has 116 valence electrons. The number of amides is 1. The van der Waals surface area contributed by atoms with Gasteiger partial charge in [0.2, 0.25) is 5.91 Å². The molecule has 0 saturated carbocycles. The smallest absolute Gasteiger partial charge is 0.236 e. The zero-order chi connectivity index (χ0) is 15.1. The molecule has 21 heavy (non-hydrogen) atoms. The molecule has 6 heteroatoms. The predicted octanol–water partition coefficient (Wildman–Crippen LogP) is 0.568. The fourth-order valence-electron chi connectivity index (χ4n) is 2.16. The van der Waals surface area contributed by atoms with Crippen molar-refractivity contribution in [2.75, 3.05) is 52.9 Å². The molecule has 1 saturated heterocycles. The summed E-state index contributed by atoms with van der Waals surface area (Å²) in [5.41, 5.74) is 0. The second kappa shape index (κ2) is 7.95. The lowest BCUT2D eigenvalue weighted by molar-refractivity contribution is -0.131. The van der Waals surface area contributed by atoms with Crippen LogP contribution in [0.15, 0.2) is 24.3 Å². The molecule has 1 fully saturated rings. The van der Waals surface area contributed by atoms with E-state index in [4.69, 9.17) is 4.74 Å². The lowest BCUT2D eigenvalue weighted by Gasteiger charge is -2.28. The Balaban J connectivity index is 1.68. The average Bonchev–Trinajstić information content (AvgIpc) is 2.48. The molecule has 0 aromatic heterocycles. The van der Waals surface area contributed by atoms with Crippen molar-refractivity contribution in [1.82, 2.24) is 15.1 Å². The third-order valence-corrected chi connectivity index (χ3v) is 3.49. The first kappa shape index (κ1) is 15.7. The van der Waals surface area contributed by atoms with E-state index in [-0.39, 0.29) is 11.7 Å². The van der Waals surface area contributed by atoms with Gasteiger partial charge in [-0.2, -0.15) is 0 Å². The molecular formula is C15H22FN3O2. The zero-order valence-electron chi connectivity index (χ0n) is 12.3. The Morgan fingerprint density at radius 2 is 2.19 bits per heavy atom. The van der Waals surface area contributed by atoms with Gasteiger partial charge in [0.1, 0.15) is 18.2 Å². The highest BCUT2D eigenvalue weighted by Crippen LogP contribution is 2.11. The van der Waals surface area contributed by atoms with Crippen LogP contribution in [0.3, 0.4) is 0 Å². The molecule has 1 N–H and O–H groups in total. The van der Waals surface area contributed by atoms with Crippen LogP contribution in [0.4, 0.5) is 4.39 Å². The van der Waals surface area contributed by atoms with E-state index < -0.39 is 0 Å². The van der Waals surface area contributed by atoms with Crippen molar-refractivity contribution in [2.24, 2.45) is 0 Å². The average molecular weight is 295 g/mol. The molecule has 0 unspecified atom stereocenters. The van der Waals surface area contributed by atoms with E-state index in [0.29, 0.717) is 25.4 Å². The summed E-state index contributed by atoms with van der Waals surface area (Å²) in [4.78, 5) is 15.9. The maximum Gasteiger partial charge on any atom is 0.236 e. The first-order valence-corrected chi connectivity index (χ1v) is 7.20. The van der Waals surface area contributed by atoms with Crippen LogP contribution >= 0.6 is 0 Å². The van der Waals surface area contributed by atoms with Gasteiger partial charge < -0.3 is 15.0 Å². The molecule has 2 rings (SSSR count). The Kier molecular flexibility index (Phi) is 5.95. The van der Waals surface area contributed by atoms with E-state index in [2.05, 4.69) is 10.2 Å². The second-order valence-electron chi connectivity index (χ2n) is 5.15. The van der Waals surface area contributed by atoms with Gasteiger partial charge in [-0.1, -0.05) is 6.07 Å². The lowest BCUT2D eigenvalue weighted by Crippen LogP contribution is -2.48. The van der Waals surface area contributed by atoms with E-state index in [1.807, 2.05) is 0 Å². The molecule has 1 aliphatic heterocycles. The minimum absolute atomic E-state index is 0.0831. The van der Waals surface area contributed by atoms with Gasteiger partial charge in [0.05, 0.1) is 13.1 Å². The number of carbonyl (C=O) groups excluding carboxylic acids is 1. The monoisotopic (exact) mass is 295 g/mol. The highest BCUT2D eigenvalue weighted by Gasteiger charge is 2.16. The largest absolute Gasteiger partial charge is 0.492 e. The van der Waals surface area contributed by atoms with Crippen LogP contribution in [0.25, 0.3) is 0 Å². The Hall–Kier alpha value is -1.66. The van der Waals surface area contributed by atoms with Crippen molar-refractivity contribution < 1.29 is 13.9 Å². The number of piperazine rings is 1. The SMILES string of the molecule is CN(CCOc1cccc(F)c1)C(=O)CN1CCNCC1. The number of halogens is 1. The van der Waals surface area contributed by atoms with Crippen LogP contribution in [0.1, 0.15) is 0 Å². The van der Waals surface area contributed by atoms with Crippen LogP contribution in [0.5, 0.6) is 5.75 Å². The minimum atomic E-state index is -0.323. The van der Waals surface area contributed by atoms with Crippen molar-refractivity contribution in [3.8, 4) is 5.75 Å². The van der Waals surface area contributed by atoms with Gasteiger partial charge in [-0.05, 0) is 12.1 Å². The molecule has 1 aromatic rings. The summed E-state index contributed by atoms with van der Waals surface area (Å²) in [6.45, 7) is 4.95. The van der Waals surface area contributed by atoms with Crippen LogP contribution in [0.2, 0.25) is 0 Å². The van der Waals surface area contributed by atoms with Crippen LogP contribution < -0.4 is 10.1 Å². The summed E-state index contributed by atoms with van der Waals surface area (Å²) < 4.78 is 18.4. The molecule has 0 aliphatic carbocycles. The highest BCUT2D eigenvalue weighted by molar-refractivity contribution is 5.78. The fraction of sp³-hybridized carbons (Fsp3) is 0.533. The first-order chi connectivity index (χ1) is 10.1. The number of nitrogens with zero attached hydrogens (tertiary/aromatic N) is 2. The number of rotatable bonds is 6. The molecule has 1 aromatic carbocycles. The van der Waals surface area contributed by atoms with E-state index >= 15 is 0 Å². The van der Waals surface area contributed by atoms with E-state index in [1.165, 1.54) is 12.1 Å². The summed E-state index contributed by atoms with van der Waals surface area (Å²) in [5, 5.41) is 3.26. The van der Waals surface area contributed by atoms with Gasteiger partial charge in [0, 0.05) is 39.3 Å². The Bertz CT molecular complexity index is 464. The van der Waals surface area contributed by atoms with Gasteiger partial charge >= 0.3 is 0 Å². The molecule has 0 radical (unpaired) electrons. The number of carbonyl (C=O) groups is 1. The van der Waals surface area contributed by atoms with Crippen molar-refractivity contribution in [2.45, 2.75) is 0 Å². The topological polar surface area (TPSA) is 44.8 Å². The Morgan fingerprint density at radius 3 is 2.90 bits per heavy atom. The van der Waals surface area contributed by atoms with Crippen molar-refractivity contribution >= 4 is 5.91 Å². The number of benzene rings is 1. The van der Waals surface area contributed by atoms with Gasteiger partial charge in [-0.15, -0.1) is 0 Å². The van der Waals surface area contributed by atoms with Crippen molar-refractivity contribution in [3.63, 3.8) is 0 Å². The third-order valence-electron chi connectivity index (χ3n) is 3.49. The normalized spacial score (nSPS) is 15.7. The summed E-state index contributed by atoms with van der Waals surface area (Å²) in [6, 6.07) is 6.01. The number of hydrogen-bond acceptors (Lipinski definition) is 4. The summed E-state index contributed by atoms with van der Waals surface area (Å²) in [6.07, 6.45) is 0. The summed E-state index contributed by atoms with van der Waals surface area (Å²) in [7, 11) is 1.76. The maximum absolute atomic E-state index is 13.0. The Morgan fingerprint density at radius 1 is 1.43 bits per heavy atom. The lowest BCUT2D eigenvalue weighted by atomic mass is 10.3. The summed E-state index contributed by atoms with van der Waals surface area (Å²) in [5.74, 6) is 0.244. The first-order valence-electron chi connectivity index (χ1n) is 7.20. The van der Waals surface area contributed by atoms with Crippen LogP contribution in [-0.4, -0.2) is 68.6 Å². The molecule has 0 spiro atoms. The van der Waals surface area contributed by atoms with Gasteiger partial charge in [-0.3, -0.25) is 9.69 Å². The molecule has 5 nitrogen and oxygen atoms in total. The van der Waals surface area contributed by atoms with E-state index in [9.17, 15) is 9.18 Å². The van der Waals surface area contributed by atoms with Crippen molar-refractivity contribution in [3.05, 3.63) is 30.1 Å². The van der Waals surface area contributed by atoms with Gasteiger partial charge in [0.25, 0.3) is 0 Å². The van der Waals surface area contributed by atoms with Gasteiger partial charge in [0.15, 0.2) is 0 Å². The van der Waals surface area contributed by atoms with Gasteiger partial charge in [-0.25, -0.2) is 4.39 Å². The molecule has 0 atom stereocenters. The second-order valence-corrected chi connectivity index (χ2v) is 5.15. The minimum Gasteiger partial charge on any atom is -0.492 e. The Labute approximate surface area is 124 Å². The quantitative estimate of drug-likeness (QED) is 0.833. The number of nitrogens with one attached hydrogen (secondary N) is 1. The molecule has 1 heterocycles. The number of ether oxygens (including phenoxy) is 1. The van der Waals surface area contributed by atoms with E-state index in [0.717, 1.165) is 26.2 Å². The summed E-state index contributed by atoms with van der Waals surface area (Å²) >= 11 is 0. The fourth-order valence-corrected chi connectivity index (χ4v) is 2.16. The standard InChI is InChI=1S/C15H22FN3O2/c1-18(15(20)12-19-7-5-17-6-8-19)9-10-21-14-4-2-3-13(16)11-14/h2-4,11,17H,5-10,12H2,1H3. The number of likely N-dealkylation sites (N-methyl/N-ethyl adjacent to an activating group) is 1. The van der Waals surface area contributed by atoms with Crippen LogP contribution in [-0.2, 0) is 4.79 Å². The molecule has 1 aliphatic rings. The van der Waals surface area contributed by atoms with Crippen molar-refractivity contribution in [1.29, 1.82) is 0 Å². The highest BCUT2D eigenvalue weighted by atomic mass is 19.1. The van der Waals surface area contributed by atoms with E-state index in [1.54, 1.807) is 24.1 Å². The predicted molar refractivity (Wildman–Crippen MR) is 78.8 cm³/mol. The number of hydrogen-bond donors (Lipinski definition) is 1. The molecule has 0 bridgehead atoms.